The summed E-state index contributed by atoms with van der Waals surface area (Å²) >= 11 is 11.5. The van der Waals surface area contributed by atoms with Crippen molar-refractivity contribution in [3.63, 3.8) is 0 Å². The first-order valence-electron chi connectivity index (χ1n) is 5.31. The van der Waals surface area contributed by atoms with Crippen molar-refractivity contribution < 1.29 is 12.8 Å². The van der Waals surface area contributed by atoms with E-state index < -0.39 is 26.3 Å². The number of nitrogens with one attached hydrogen (secondary N) is 1. The Hall–Kier alpha value is -0.360. The Labute approximate surface area is 116 Å². The van der Waals surface area contributed by atoms with Gasteiger partial charge < -0.3 is 0 Å². The molecule has 0 saturated carbocycles. The van der Waals surface area contributed by atoms with Gasteiger partial charge in [0.1, 0.15) is 10.7 Å². The first-order chi connectivity index (χ1) is 8.40. The van der Waals surface area contributed by atoms with Crippen LogP contribution in [0.1, 0.15) is 13.3 Å². The lowest BCUT2D eigenvalue weighted by Gasteiger charge is -2.29. The molecule has 102 valence electrons. The van der Waals surface area contributed by atoms with Crippen LogP contribution in [0.3, 0.4) is 0 Å². The van der Waals surface area contributed by atoms with Gasteiger partial charge in [-0.1, -0.05) is 19.1 Å². The standard InChI is InChI=1S/C11H14Cl2FNO2S/c1-2-11(7-12,8-13)15-18(16,17)10-6-4-3-5-9(10)14/h3-6,15H,2,7-8H2,1H3. The minimum Gasteiger partial charge on any atom is -0.207 e. The molecular formula is C11H14Cl2FNO2S. The minimum atomic E-state index is -3.98. The lowest BCUT2D eigenvalue weighted by Crippen LogP contribution is -2.51. The maximum Gasteiger partial charge on any atom is 0.244 e. The number of rotatable bonds is 6. The van der Waals surface area contributed by atoms with E-state index in [1.165, 1.54) is 18.2 Å². The van der Waals surface area contributed by atoms with Gasteiger partial charge in [-0.2, -0.15) is 0 Å². The molecule has 0 heterocycles. The number of alkyl halides is 2. The highest BCUT2D eigenvalue weighted by Gasteiger charge is 2.33. The summed E-state index contributed by atoms with van der Waals surface area (Å²) in [6, 6.07) is 5.15. The molecule has 0 aliphatic heterocycles. The molecule has 0 unspecified atom stereocenters. The Morgan fingerprint density at radius 2 is 1.83 bits per heavy atom. The quantitative estimate of drug-likeness (QED) is 0.821. The van der Waals surface area contributed by atoms with E-state index in [1.54, 1.807) is 6.92 Å². The molecular weight excluding hydrogens is 300 g/mol. The Kier molecular flexibility index (Phi) is 5.40. The number of sulfonamides is 1. The molecule has 0 fully saturated rings. The molecule has 0 radical (unpaired) electrons. The Bertz CT molecular complexity index is 495. The smallest absolute Gasteiger partial charge is 0.207 e. The number of benzene rings is 1. The van der Waals surface area contributed by atoms with Crippen LogP contribution < -0.4 is 4.72 Å². The highest BCUT2D eigenvalue weighted by Crippen LogP contribution is 2.21. The fraction of sp³-hybridized carbons (Fsp3) is 0.455. The second-order valence-electron chi connectivity index (χ2n) is 3.94. The van der Waals surface area contributed by atoms with E-state index in [1.807, 2.05) is 0 Å². The van der Waals surface area contributed by atoms with Gasteiger partial charge in [-0.3, -0.25) is 0 Å². The zero-order valence-electron chi connectivity index (χ0n) is 9.79. The van der Waals surface area contributed by atoms with E-state index in [9.17, 15) is 12.8 Å². The van der Waals surface area contributed by atoms with Crippen LogP contribution in [0, 0.1) is 5.82 Å². The van der Waals surface area contributed by atoms with Crippen LogP contribution in [0.25, 0.3) is 0 Å². The van der Waals surface area contributed by atoms with Gasteiger partial charge in [0, 0.05) is 11.8 Å². The molecule has 7 heteroatoms. The summed E-state index contributed by atoms with van der Waals surface area (Å²) in [5.74, 6) is -0.777. The van der Waals surface area contributed by atoms with Crippen LogP contribution in [-0.2, 0) is 10.0 Å². The van der Waals surface area contributed by atoms with Crippen molar-refractivity contribution in [2.24, 2.45) is 0 Å². The third-order valence-corrected chi connectivity index (χ3v) is 5.30. The first-order valence-corrected chi connectivity index (χ1v) is 7.86. The van der Waals surface area contributed by atoms with Gasteiger partial charge in [0.05, 0.1) is 5.54 Å². The molecule has 0 amide bonds. The summed E-state index contributed by atoms with van der Waals surface area (Å²) in [5.41, 5.74) is -0.968. The zero-order valence-corrected chi connectivity index (χ0v) is 12.1. The lowest BCUT2D eigenvalue weighted by atomic mass is 10.0. The zero-order chi connectivity index (χ0) is 13.8. The predicted octanol–water partition coefficient (Wildman–Crippen LogP) is 2.73. The van der Waals surface area contributed by atoms with Gasteiger partial charge in [-0.05, 0) is 18.6 Å². The molecule has 0 saturated heterocycles. The summed E-state index contributed by atoms with van der Waals surface area (Å²) in [4.78, 5) is -0.405. The Morgan fingerprint density at radius 1 is 1.28 bits per heavy atom. The van der Waals surface area contributed by atoms with Crippen LogP contribution in [0.2, 0.25) is 0 Å². The average Bonchev–Trinajstić information content (AvgIpc) is 2.36. The van der Waals surface area contributed by atoms with Gasteiger partial charge in [0.15, 0.2) is 0 Å². The van der Waals surface area contributed by atoms with E-state index in [-0.39, 0.29) is 11.8 Å². The summed E-state index contributed by atoms with van der Waals surface area (Å²) < 4.78 is 40.0. The molecule has 1 rings (SSSR count). The largest absolute Gasteiger partial charge is 0.244 e. The second kappa shape index (κ2) is 6.19. The summed E-state index contributed by atoms with van der Waals surface area (Å²) in [6.07, 6.45) is 0.410. The molecule has 0 aliphatic carbocycles. The number of hydrogen-bond acceptors (Lipinski definition) is 2. The molecule has 0 aliphatic rings. The lowest BCUT2D eigenvalue weighted by molar-refractivity contribution is 0.447. The molecule has 0 bridgehead atoms. The van der Waals surface area contributed by atoms with Crippen molar-refractivity contribution in [2.75, 3.05) is 11.8 Å². The Morgan fingerprint density at radius 3 is 2.28 bits per heavy atom. The molecule has 18 heavy (non-hydrogen) atoms. The fourth-order valence-corrected chi connectivity index (χ4v) is 3.86. The van der Waals surface area contributed by atoms with E-state index in [2.05, 4.69) is 4.72 Å². The van der Waals surface area contributed by atoms with Crippen molar-refractivity contribution in [1.29, 1.82) is 0 Å². The first kappa shape index (κ1) is 15.7. The van der Waals surface area contributed by atoms with E-state index in [0.717, 1.165) is 6.07 Å². The second-order valence-corrected chi connectivity index (χ2v) is 6.12. The van der Waals surface area contributed by atoms with Crippen molar-refractivity contribution in [3.8, 4) is 0 Å². The van der Waals surface area contributed by atoms with Gasteiger partial charge in [0.2, 0.25) is 10.0 Å². The van der Waals surface area contributed by atoms with Crippen LogP contribution in [0.4, 0.5) is 4.39 Å². The third kappa shape index (κ3) is 3.35. The van der Waals surface area contributed by atoms with Gasteiger partial charge >= 0.3 is 0 Å². The van der Waals surface area contributed by atoms with E-state index in [0.29, 0.717) is 6.42 Å². The van der Waals surface area contributed by atoms with E-state index in [4.69, 9.17) is 23.2 Å². The van der Waals surface area contributed by atoms with Crippen LogP contribution >= 0.6 is 23.2 Å². The maximum absolute atomic E-state index is 13.5. The number of halogens is 3. The van der Waals surface area contributed by atoms with Crippen molar-refractivity contribution in [1.82, 2.24) is 4.72 Å². The normalized spacial score (nSPS) is 12.7. The molecule has 1 aromatic carbocycles. The molecule has 1 aromatic rings. The molecule has 0 aromatic heterocycles. The van der Waals surface area contributed by atoms with Crippen molar-refractivity contribution >= 4 is 33.2 Å². The molecule has 1 N–H and O–H groups in total. The molecule has 0 atom stereocenters. The van der Waals surface area contributed by atoms with Crippen LogP contribution in [-0.4, -0.2) is 25.7 Å². The highest BCUT2D eigenvalue weighted by molar-refractivity contribution is 7.89. The Balaban J connectivity index is 3.13. The van der Waals surface area contributed by atoms with Gasteiger partial charge in [-0.25, -0.2) is 17.5 Å². The minimum absolute atomic E-state index is 0.0146. The van der Waals surface area contributed by atoms with Crippen molar-refractivity contribution in [3.05, 3.63) is 30.1 Å². The summed E-state index contributed by atoms with van der Waals surface area (Å²) in [5, 5.41) is 0. The van der Waals surface area contributed by atoms with Crippen LogP contribution in [0.5, 0.6) is 0 Å². The SMILES string of the molecule is CCC(CCl)(CCl)NS(=O)(=O)c1ccccc1F. The third-order valence-electron chi connectivity index (χ3n) is 2.67. The molecule has 3 nitrogen and oxygen atoms in total. The molecule has 0 spiro atoms. The fourth-order valence-electron chi connectivity index (χ4n) is 1.35. The number of hydrogen-bond donors (Lipinski definition) is 1. The maximum atomic E-state index is 13.5. The van der Waals surface area contributed by atoms with Crippen LogP contribution in [0.15, 0.2) is 29.2 Å². The predicted molar refractivity (Wildman–Crippen MR) is 71.2 cm³/mol. The van der Waals surface area contributed by atoms with Crippen molar-refractivity contribution in [2.45, 2.75) is 23.8 Å². The van der Waals surface area contributed by atoms with Gasteiger partial charge in [-0.15, -0.1) is 23.2 Å². The monoisotopic (exact) mass is 313 g/mol. The topological polar surface area (TPSA) is 46.2 Å². The van der Waals surface area contributed by atoms with Gasteiger partial charge in [0.25, 0.3) is 0 Å². The summed E-state index contributed by atoms with van der Waals surface area (Å²) in [7, 11) is -3.98. The summed E-state index contributed by atoms with van der Waals surface area (Å²) in [6.45, 7) is 1.76. The highest BCUT2D eigenvalue weighted by atomic mass is 35.5. The average molecular weight is 314 g/mol. The van der Waals surface area contributed by atoms with E-state index >= 15 is 0 Å².